The van der Waals surface area contributed by atoms with Crippen LogP contribution in [0.4, 0.5) is 0 Å². The average Bonchev–Trinajstić information content (AvgIpc) is 3.14. The summed E-state index contributed by atoms with van der Waals surface area (Å²) in [6, 6.07) is 18.0. The van der Waals surface area contributed by atoms with Gasteiger partial charge in [0.05, 0.1) is 6.10 Å². The van der Waals surface area contributed by atoms with Gasteiger partial charge in [0.2, 0.25) is 0 Å². The smallest absolute Gasteiger partial charge is 0.122 e. The average molecular weight is 327 g/mol. The summed E-state index contributed by atoms with van der Waals surface area (Å²) in [5.74, 6) is 1.74. The van der Waals surface area contributed by atoms with Crippen LogP contribution >= 0.6 is 0 Å². The summed E-state index contributed by atoms with van der Waals surface area (Å²) in [5.41, 5.74) is 1.25. The summed E-state index contributed by atoms with van der Waals surface area (Å²) in [7, 11) is 0. The standard InChI is InChI=1S/C20H25NO3/c1-2-5-18(6-3-1)23-13-14-24-19-10-8-17(9-11-19)15-21-16-20-7-4-12-22-20/h1-3,5-6,8-11,20-21H,4,7,12-16H2. The first-order valence-corrected chi connectivity index (χ1v) is 8.62. The summed E-state index contributed by atoms with van der Waals surface area (Å²) in [4.78, 5) is 0. The van der Waals surface area contributed by atoms with E-state index in [-0.39, 0.29) is 0 Å². The van der Waals surface area contributed by atoms with Gasteiger partial charge in [-0.25, -0.2) is 0 Å². The molecule has 1 atom stereocenters. The Morgan fingerprint density at radius 2 is 1.62 bits per heavy atom. The lowest BCUT2D eigenvalue weighted by Gasteiger charge is -2.11. The van der Waals surface area contributed by atoms with Crippen LogP contribution < -0.4 is 14.8 Å². The highest BCUT2D eigenvalue weighted by Crippen LogP contribution is 2.14. The minimum Gasteiger partial charge on any atom is -0.490 e. The normalized spacial score (nSPS) is 16.9. The van der Waals surface area contributed by atoms with E-state index in [4.69, 9.17) is 14.2 Å². The van der Waals surface area contributed by atoms with Crippen molar-refractivity contribution in [3.63, 3.8) is 0 Å². The number of ether oxygens (including phenoxy) is 3. The zero-order valence-electron chi connectivity index (χ0n) is 13.9. The Kier molecular flexibility index (Phi) is 6.51. The monoisotopic (exact) mass is 327 g/mol. The summed E-state index contributed by atoms with van der Waals surface area (Å²) < 4.78 is 16.9. The van der Waals surface area contributed by atoms with Gasteiger partial charge in [-0.3, -0.25) is 0 Å². The summed E-state index contributed by atoms with van der Waals surface area (Å²) in [5, 5.41) is 3.45. The Labute approximate surface area is 143 Å². The van der Waals surface area contributed by atoms with Gasteiger partial charge in [0.25, 0.3) is 0 Å². The molecule has 0 aromatic heterocycles. The van der Waals surface area contributed by atoms with E-state index < -0.39 is 0 Å². The van der Waals surface area contributed by atoms with Gasteiger partial charge in [-0.15, -0.1) is 0 Å². The Hall–Kier alpha value is -2.04. The van der Waals surface area contributed by atoms with Crippen molar-refractivity contribution in [2.75, 3.05) is 26.4 Å². The summed E-state index contributed by atoms with van der Waals surface area (Å²) in [6.45, 7) is 3.76. The zero-order valence-corrected chi connectivity index (χ0v) is 13.9. The third-order valence-electron chi connectivity index (χ3n) is 4.01. The third kappa shape index (κ3) is 5.55. The van der Waals surface area contributed by atoms with Crippen LogP contribution in [0.15, 0.2) is 54.6 Å². The highest BCUT2D eigenvalue weighted by atomic mass is 16.5. The van der Waals surface area contributed by atoms with Crippen molar-refractivity contribution in [2.24, 2.45) is 0 Å². The first kappa shape index (κ1) is 16.8. The van der Waals surface area contributed by atoms with Crippen LogP contribution in [0.2, 0.25) is 0 Å². The number of rotatable bonds is 9. The maximum Gasteiger partial charge on any atom is 0.122 e. The molecule has 3 rings (SSSR count). The molecule has 1 N–H and O–H groups in total. The fourth-order valence-electron chi connectivity index (χ4n) is 2.72. The molecule has 1 fully saturated rings. The lowest BCUT2D eigenvalue weighted by atomic mass is 10.2. The maximum atomic E-state index is 5.70. The highest BCUT2D eigenvalue weighted by Gasteiger charge is 2.14. The Morgan fingerprint density at radius 3 is 2.29 bits per heavy atom. The molecule has 0 spiro atoms. The van der Waals surface area contributed by atoms with Crippen molar-refractivity contribution < 1.29 is 14.2 Å². The first-order chi connectivity index (χ1) is 11.9. The van der Waals surface area contributed by atoms with E-state index >= 15 is 0 Å². The van der Waals surface area contributed by atoms with Crippen molar-refractivity contribution in [2.45, 2.75) is 25.5 Å². The highest BCUT2D eigenvalue weighted by molar-refractivity contribution is 5.27. The van der Waals surface area contributed by atoms with E-state index in [9.17, 15) is 0 Å². The molecular weight excluding hydrogens is 302 g/mol. The molecule has 0 radical (unpaired) electrons. The predicted molar refractivity (Wildman–Crippen MR) is 94.6 cm³/mol. The van der Waals surface area contributed by atoms with Gasteiger partial charge in [-0.05, 0) is 42.7 Å². The van der Waals surface area contributed by atoms with Gasteiger partial charge in [-0.1, -0.05) is 30.3 Å². The Balaban J connectivity index is 1.32. The predicted octanol–water partition coefficient (Wildman–Crippen LogP) is 3.41. The summed E-state index contributed by atoms with van der Waals surface area (Å²) >= 11 is 0. The van der Waals surface area contributed by atoms with Gasteiger partial charge in [-0.2, -0.15) is 0 Å². The van der Waals surface area contributed by atoms with Crippen LogP contribution in [-0.4, -0.2) is 32.5 Å². The van der Waals surface area contributed by atoms with E-state index in [0.29, 0.717) is 19.3 Å². The quantitative estimate of drug-likeness (QED) is 0.717. The molecule has 128 valence electrons. The van der Waals surface area contributed by atoms with Crippen molar-refractivity contribution in [3.05, 3.63) is 60.2 Å². The second-order valence-electron chi connectivity index (χ2n) is 5.92. The molecule has 1 heterocycles. The van der Waals surface area contributed by atoms with Gasteiger partial charge < -0.3 is 19.5 Å². The molecule has 24 heavy (non-hydrogen) atoms. The van der Waals surface area contributed by atoms with Crippen LogP contribution in [0.5, 0.6) is 11.5 Å². The van der Waals surface area contributed by atoms with Crippen LogP contribution in [0, 0.1) is 0 Å². The molecule has 1 aliphatic heterocycles. The van der Waals surface area contributed by atoms with Gasteiger partial charge >= 0.3 is 0 Å². The molecule has 1 saturated heterocycles. The molecule has 1 aliphatic rings. The fourth-order valence-corrected chi connectivity index (χ4v) is 2.72. The lowest BCUT2D eigenvalue weighted by molar-refractivity contribution is 0.110. The molecule has 4 nitrogen and oxygen atoms in total. The first-order valence-electron chi connectivity index (χ1n) is 8.62. The van der Waals surface area contributed by atoms with Crippen molar-refractivity contribution >= 4 is 0 Å². The number of hydrogen-bond donors (Lipinski definition) is 1. The molecule has 2 aromatic carbocycles. The van der Waals surface area contributed by atoms with Crippen LogP contribution in [0.3, 0.4) is 0 Å². The molecular formula is C20H25NO3. The molecule has 0 aliphatic carbocycles. The van der Waals surface area contributed by atoms with Gasteiger partial charge in [0, 0.05) is 19.7 Å². The Bertz CT molecular complexity index is 580. The van der Waals surface area contributed by atoms with E-state index in [1.807, 2.05) is 42.5 Å². The van der Waals surface area contributed by atoms with Gasteiger partial charge in [0.1, 0.15) is 24.7 Å². The van der Waals surface area contributed by atoms with Crippen molar-refractivity contribution in [1.29, 1.82) is 0 Å². The van der Waals surface area contributed by atoms with E-state index in [1.165, 1.54) is 18.4 Å². The van der Waals surface area contributed by atoms with Crippen LogP contribution in [-0.2, 0) is 11.3 Å². The fraction of sp³-hybridized carbons (Fsp3) is 0.400. The molecule has 0 amide bonds. The van der Waals surface area contributed by atoms with E-state index in [0.717, 1.165) is 31.2 Å². The lowest BCUT2D eigenvalue weighted by Crippen LogP contribution is -2.25. The molecule has 4 heteroatoms. The number of para-hydroxylation sites is 1. The third-order valence-corrected chi connectivity index (χ3v) is 4.01. The number of hydrogen-bond acceptors (Lipinski definition) is 4. The minimum atomic E-state index is 0.386. The molecule has 0 bridgehead atoms. The second kappa shape index (κ2) is 9.30. The summed E-state index contributed by atoms with van der Waals surface area (Å²) in [6.07, 6.45) is 2.74. The number of nitrogens with one attached hydrogen (secondary N) is 1. The zero-order chi connectivity index (χ0) is 16.5. The SMILES string of the molecule is c1ccc(OCCOc2ccc(CNCC3CCCO3)cc2)cc1. The van der Waals surface area contributed by atoms with E-state index in [1.54, 1.807) is 0 Å². The topological polar surface area (TPSA) is 39.7 Å². The maximum absolute atomic E-state index is 5.70. The molecule has 0 saturated carbocycles. The van der Waals surface area contributed by atoms with Crippen molar-refractivity contribution in [3.8, 4) is 11.5 Å². The molecule has 2 aromatic rings. The van der Waals surface area contributed by atoms with Crippen molar-refractivity contribution in [1.82, 2.24) is 5.32 Å². The second-order valence-corrected chi connectivity index (χ2v) is 5.92. The van der Waals surface area contributed by atoms with Crippen LogP contribution in [0.1, 0.15) is 18.4 Å². The van der Waals surface area contributed by atoms with E-state index in [2.05, 4.69) is 17.4 Å². The van der Waals surface area contributed by atoms with Crippen LogP contribution in [0.25, 0.3) is 0 Å². The largest absolute Gasteiger partial charge is 0.490 e. The van der Waals surface area contributed by atoms with Gasteiger partial charge in [0.15, 0.2) is 0 Å². The number of benzene rings is 2. The Morgan fingerprint density at radius 1 is 0.917 bits per heavy atom. The minimum absolute atomic E-state index is 0.386. The molecule has 1 unspecified atom stereocenters.